The minimum Gasteiger partial charge on any atom is -0.481 e. The average molecular weight is 269 g/mol. The summed E-state index contributed by atoms with van der Waals surface area (Å²) in [5.41, 5.74) is 0.329. The molecule has 3 nitrogen and oxygen atoms in total. The molecule has 1 aromatic heterocycles. The van der Waals surface area contributed by atoms with Crippen molar-refractivity contribution < 1.29 is 23.1 Å². The molecule has 0 aliphatic carbocycles. The fourth-order valence-corrected chi connectivity index (χ4v) is 2.65. The summed E-state index contributed by atoms with van der Waals surface area (Å²) >= 11 is 0. The number of fused-ring (bicyclic) bond motifs is 3. The Morgan fingerprint density at radius 3 is 2.68 bits per heavy atom. The number of carboxylic acids is 1. The monoisotopic (exact) mass is 269 g/mol. The molecule has 2 aromatic rings. The summed E-state index contributed by atoms with van der Waals surface area (Å²) in [6.07, 6.45) is -3.96. The fraction of sp³-hybridized carbons (Fsp3) is 0.308. The van der Waals surface area contributed by atoms with E-state index in [0.29, 0.717) is 29.6 Å². The van der Waals surface area contributed by atoms with Crippen LogP contribution < -0.4 is 0 Å². The Morgan fingerprint density at radius 1 is 1.32 bits per heavy atom. The maximum atomic E-state index is 12.7. The van der Waals surface area contributed by atoms with E-state index < -0.39 is 23.6 Å². The number of alkyl halides is 3. The van der Waals surface area contributed by atoms with Gasteiger partial charge in [-0.25, -0.2) is 0 Å². The van der Waals surface area contributed by atoms with Crippen LogP contribution in [0.3, 0.4) is 0 Å². The molecule has 6 heteroatoms. The number of carbonyl (C=O) groups is 1. The van der Waals surface area contributed by atoms with E-state index in [-0.39, 0.29) is 0 Å². The first-order valence-corrected chi connectivity index (χ1v) is 5.81. The molecule has 0 saturated heterocycles. The standard InChI is InChI=1S/C13H10F3NO2/c14-13(15,16)8-2-1-7-5-11-9(12(18)19)3-4-17(11)10(7)6-8/h1-2,5-6,9H,3-4H2,(H,18,19). The van der Waals surface area contributed by atoms with Crippen molar-refractivity contribution in [1.29, 1.82) is 0 Å². The zero-order valence-electron chi connectivity index (χ0n) is 9.74. The molecule has 1 unspecified atom stereocenters. The SMILES string of the molecule is O=C(O)C1CCn2c1cc1ccc(C(F)(F)F)cc12. The van der Waals surface area contributed by atoms with E-state index in [0.717, 1.165) is 12.1 Å². The highest BCUT2D eigenvalue weighted by Crippen LogP contribution is 2.37. The zero-order valence-corrected chi connectivity index (χ0v) is 9.74. The summed E-state index contributed by atoms with van der Waals surface area (Å²) in [7, 11) is 0. The molecule has 19 heavy (non-hydrogen) atoms. The second-order valence-corrected chi connectivity index (χ2v) is 4.67. The number of aromatic nitrogens is 1. The first kappa shape index (κ1) is 12.1. The second-order valence-electron chi connectivity index (χ2n) is 4.67. The third-order valence-electron chi connectivity index (χ3n) is 3.56. The first-order valence-electron chi connectivity index (χ1n) is 5.81. The lowest BCUT2D eigenvalue weighted by Gasteiger charge is -2.07. The normalized spacial score (nSPS) is 18.8. The second kappa shape index (κ2) is 3.76. The van der Waals surface area contributed by atoms with Crippen LogP contribution in [-0.4, -0.2) is 15.6 Å². The van der Waals surface area contributed by atoms with E-state index >= 15 is 0 Å². The van der Waals surface area contributed by atoms with Crippen molar-refractivity contribution in [3.05, 3.63) is 35.5 Å². The van der Waals surface area contributed by atoms with Gasteiger partial charge in [-0.15, -0.1) is 0 Å². The van der Waals surface area contributed by atoms with Crippen LogP contribution in [-0.2, 0) is 17.5 Å². The van der Waals surface area contributed by atoms with Crippen molar-refractivity contribution in [3.8, 4) is 0 Å². The predicted molar refractivity (Wildman–Crippen MR) is 61.9 cm³/mol. The van der Waals surface area contributed by atoms with Crippen LogP contribution in [0, 0.1) is 0 Å². The Kier molecular flexibility index (Phi) is 2.39. The van der Waals surface area contributed by atoms with Crippen molar-refractivity contribution in [2.45, 2.75) is 25.1 Å². The topological polar surface area (TPSA) is 42.2 Å². The van der Waals surface area contributed by atoms with E-state index in [1.54, 1.807) is 10.6 Å². The van der Waals surface area contributed by atoms with Gasteiger partial charge in [0.25, 0.3) is 0 Å². The van der Waals surface area contributed by atoms with Gasteiger partial charge < -0.3 is 9.67 Å². The van der Waals surface area contributed by atoms with Gasteiger partial charge in [-0.1, -0.05) is 6.07 Å². The number of hydrogen-bond acceptors (Lipinski definition) is 1. The van der Waals surface area contributed by atoms with Crippen LogP contribution in [0.25, 0.3) is 10.9 Å². The van der Waals surface area contributed by atoms with E-state index in [1.807, 2.05) is 0 Å². The van der Waals surface area contributed by atoms with E-state index in [9.17, 15) is 18.0 Å². The highest BCUT2D eigenvalue weighted by molar-refractivity contribution is 5.86. The van der Waals surface area contributed by atoms with Gasteiger partial charge in [-0.05, 0) is 30.0 Å². The van der Waals surface area contributed by atoms with Crippen molar-refractivity contribution in [2.75, 3.05) is 0 Å². The molecule has 0 amide bonds. The van der Waals surface area contributed by atoms with Gasteiger partial charge in [0, 0.05) is 17.8 Å². The Hall–Kier alpha value is -1.98. The molecule has 1 aliphatic heterocycles. The molecule has 0 spiro atoms. The summed E-state index contributed by atoms with van der Waals surface area (Å²) in [4.78, 5) is 11.1. The van der Waals surface area contributed by atoms with Gasteiger partial charge in [0.1, 0.15) is 0 Å². The number of nitrogens with zero attached hydrogens (tertiary/aromatic N) is 1. The quantitative estimate of drug-likeness (QED) is 0.863. The summed E-state index contributed by atoms with van der Waals surface area (Å²) in [5.74, 6) is -1.56. The number of benzene rings is 1. The summed E-state index contributed by atoms with van der Waals surface area (Å²) < 4.78 is 39.7. The molecule has 3 rings (SSSR count). The van der Waals surface area contributed by atoms with Gasteiger partial charge in [0.2, 0.25) is 0 Å². The van der Waals surface area contributed by atoms with Crippen LogP contribution in [0.4, 0.5) is 13.2 Å². The molecule has 0 radical (unpaired) electrons. The molecule has 1 N–H and O–H groups in total. The van der Waals surface area contributed by atoms with Crippen LogP contribution in [0.2, 0.25) is 0 Å². The molecule has 1 atom stereocenters. The van der Waals surface area contributed by atoms with Gasteiger partial charge >= 0.3 is 12.1 Å². The van der Waals surface area contributed by atoms with Gasteiger partial charge in [0.15, 0.2) is 0 Å². The molecule has 1 aliphatic rings. The zero-order chi connectivity index (χ0) is 13.8. The smallest absolute Gasteiger partial charge is 0.416 e. The molecule has 2 heterocycles. The third kappa shape index (κ3) is 1.78. The number of carboxylic acid groups (broad SMARTS) is 1. The summed E-state index contributed by atoms with van der Waals surface area (Å²) in [6.45, 7) is 0.442. The fourth-order valence-electron chi connectivity index (χ4n) is 2.65. The number of halogens is 3. The van der Waals surface area contributed by atoms with Crippen molar-refractivity contribution in [2.24, 2.45) is 0 Å². The van der Waals surface area contributed by atoms with Gasteiger partial charge in [-0.2, -0.15) is 13.2 Å². The van der Waals surface area contributed by atoms with Gasteiger partial charge in [0.05, 0.1) is 11.5 Å². The molecule has 0 saturated carbocycles. The first-order chi connectivity index (χ1) is 8.88. The van der Waals surface area contributed by atoms with Crippen molar-refractivity contribution in [1.82, 2.24) is 4.57 Å². The van der Waals surface area contributed by atoms with Crippen LogP contribution in [0.15, 0.2) is 24.3 Å². The number of aryl methyl sites for hydroxylation is 1. The summed E-state index contributed by atoms with van der Waals surface area (Å²) in [5, 5.41) is 9.72. The molecular formula is C13H10F3NO2. The average Bonchev–Trinajstić information content (AvgIpc) is 2.84. The van der Waals surface area contributed by atoms with Crippen LogP contribution >= 0.6 is 0 Å². The molecule has 0 bridgehead atoms. The van der Waals surface area contributed by atoms with E-state index in [1.165, 1.54) is 6.07 Å². The highest BCUT2D eigenvalue weighted by atomic mass is 19.4. The Morgan fingerprint density at radius 2 is 2.05 bits per heavy atom. The van der Waals surface area contributed by atoms with Gasteiger partial charge in [-0.3, -0.25) is 4.79 Å². The number of rotatable bonds is 1. The Balaban J connectivity index is 2.18. The maximum Gasteiger partial charge on any atom is 0.416 e. The van der Waals surface area contributed by atoms with Crippen LogP contribution in [0.1, 0.15) is 23.6 Å². The molecule has 0 fully saturated rings. The van der Waals surface area contributed by atoms with E-state index in [4.69, 9.17) is 5.11 Å². The predicted octanol–water partition coefficient (Wildman–Crippen LogP) is 3.23. The Labute approximate surface area is 106 Å². The highest BCUT2D eigenvalue weighted by Gasteiger charge is 2.33. The minimum absolute atomic E-state index is 0.427. The third-order valence-corrected chi connectivity index (χ3v) is 3.56. The lowest BCUT2D eigenvalue weighted by atomic mass is 10.0. The number of hydrogen-bond donors (Lipinski definition) is 1. The number of aliphatic carboxylic acids is 1. The lowest BCUT2D eigenvalue weighted by molar-refractivity contribution is -0.139. The molecule has 1 aromatic carbocycles. The maximum absolute atomic E-state index is 12.7. The van der Waals surface area contributed by atoms with E-state index in [2.05, 4.69) is 0 Å². The molecule has 100 valence electrons. The largest absolute Gasteiger partial charge is 0.481 e. The minimum atomic E-state index is -4.39. The Bertz CT molecular complexity index is 672. The van der Waals surface area contributed by atoms with Crippen molar-refractivity contribution >= 4 is 16.9 Å². The molecular weight excluding hydrogens is 259 g/mol. The summed E-state index contributed by atoms with van der Waals surface area (Å²) in [6, 6.07) is 5.17. The van der Waals surface area contributed by atoms with Crippen molar-refractivity contribution in [3.63, 3.8) is 0 Å². The lowest BCUT2D eigenvalue weighted by Crippen LogP contribution is -2.07. The van der Waals surface area contributed by atoms with Crippen LogP contribution in [0.5, 0.6) is 0 Å².